The van der Waals surface area contributed by atoms with Crippen LogP contribution in [0.1, 0.15) is 28.8 Å². The van der Waals surface area contributed by atoms with Crippen LogP contribution in [0.15, 0.2) is 53.5 Å². The molecular weight excluding hydrogens is 394 g/mol. The number of nitrogens with one attached hydrogen (secondary N) is 1. The maximum absolute atomic E-state index is 13.4. The van der Waals surface area contributed by atoms with Gasteiger partial charge in [-0.1, -0.05) is 18.2 Å². The van der Waals surface area contributed by atoms with Gasteiger partial charge in [-0.3, -0.25) is 14.6 Å². The smallest absolute Gasteiger partial charge is 0.265 e. The third-order valence-electron chi connectivity index (χ3n) is 5.67. The normalized spacial score (nSPS) is 19.6. The number of morpholine rings is 1. The number of hydrogen-bond donors (Lipinski definition) is 1. The fourth-order valence-corrected chi connectivity index (χ4v) is 4.01. The van der Waals surface area contributed by atoms with Crippen molar-refractivity contribution in [2.24, 2.45) is 4.99 Å². The van der Waals surface area contributed by atoms with E-state index in [1.807, 2.05) is 25.1 Å². The zero-order valence-corrected chi connectivity index (χ0v) is 17.8. The lowest BCUT2D eigenvalue weighted by molar-refractivity contribution is -0.906. The number of quaternary nitrogens is 1. The molecule has 1 saturated heterocycles. The Labute approximate surface area is 182 Å². The van der Waals surface area contributed by atoms with Gasteiger partial charge in [0.05, 0.1) is 44.5 Å². The van der Waals surface area contributed by atoms with E-state index in [-0.39, 0.29) is 11.8 Å². The van der Waals surface area contributed by atoms with Crippen LogP contribution < -0.4 is 14.5 Å². The minimum atomic E-state index is -0.583. The molecule has 2 heterocycles. The molecule has 0 aromatic heterocycles. The molecule has 2 aromatic rings. The highest BCUT2D eigenvalue weighted by molar-refractivity contribution is 6.29. The lowest BCUT2D eigenvalue weighted by atomic mass is 9.89. The van der Waals surface area contributed by atoms with Gasteiger partial charge in [-0.2, -0.15) is 0 Å². The largest absolute Gasteiger partial charge is 0.494 e. The number of carbonyl (C=O) groups is 2. The van der Waals surface area contributed by atoms with Gasteiger partial charge in [0.25, 0.3) is 5.91 Å². The molecule has 0 bridgehead atoms. The Hall–Kier alpha value is -3.03. The summed E-state index contributed by atoms with van der Waals surface area (Å²) in [6.07, 6.45) is 1.70. The van der Waals surface area contributed by atoms with Crippen molar-refractivity contribution in [2.75, 3.05) is 50.9 Å². The number of rotatable bonds is 7. The van der Waals surface area contributed by atoms with Crippen LogP contribution in [-0.4, -0.2) is 64.0 Å². The van der Waals surface area contributed by atoms with E-state index >= 15 is 0 Å². The molecule has 0 spiro atoms. The lowest BCUT2D eigenvalue weighted by Crippen LogP contribution is -3.14. The topological polar surface area (TPSA) is 72.6 Å². The third-order valence-corrected chi connectivity index (χ3v) is 5.67. The van der Waals surface area contributed by atoms with Crippen LogP contribution in [0.3, 0.4) is 0 Å². The molecule has 7 nitrogen and oxygen atoms in total. The van der Waals surface area contributed by atoms with Gasteiger partial charge in [-0.05, 0) is 42.8 Å². The van der Waals surface area contributed by atoms with Crippen molar-refractivity contribution in [3.63, 3.8) is 0 Å². The van der Waals surface area contributed by atoms with Gasteiger partial charge in [-0.25, -0.2) is 4.90 Å². The van der Waals surface area contributed by atoms with Crippen molar-refractivity contribution in [1.29, 1.82) is 0 Å². The summed E-state index contributed by atoms with van der Waals surface area (Å²) in [5, 5.41) is 0. The van der Waals surface area contributed by atoms with E-state index in [1.54, 1.807) is 36.5 Å². The fourth-order valence-electron chi connectivity index (χ4n) is 4.01. The fraction of sp³-hybridized carbons (Fsp3) is 0.375. The summed E-state index contributed by atoms with van der Waals surface area (Å²) in [5.74, 6) is -0.477. The van der Waals surface area contributed by atoms with Gasteiger partial charge in [0.2, 0.25) is 5.91 Å². The summed E-state index contributed by atoms with van der Waals surface area (Å²) in [5.41, 5.74) is 1.78. The van der Waals surface area contributed by atoms with Crippen molar-refractivity contribution in [3.05, 3.63) is 59.7 Å². The second kappa shape index (κ2) is 9.85. The number of amides is 2. The second-order valence-electron chi connectivity index (χ2n) is 7.64. The van der Waals surface area contributed by atoms with Gasteiger partial charge < -0.3 is 14.4 Å². The summed E-state index contributed by atoms with van der Waals surface area (Å²) in [6.45, 7) is 7.55. The number of nitrogens with zero attached hydrogens (tertiary/aromatic N) is 2. The molecule has 2 aliphatic heterocycles. The van der Waals surface area contributed by atoms with E-state index in [4.69, 9.17) is 9.47 Å². The molecule has 0 aliphatic carbocycles. The summed E-state index contributed by atoms with van der Waals surface area (Å²) in [4.78, 5) is 33.8. The van der Waals surface area contributed by atoms with Gasteiger partial charge in [0.1, 0.15) is 18.8 Å². The molecular formula is C24H28N3O4+. The standard InChI is InChI=1S/C24H27N3O4/c1-2-31-19-9-7-18(8-10-19)27-23(28)21-6-4-3-5-20(21)22(24(27)29)17-25-11-12-26-13-15-30-16-14-26/h3-10,17,22H,2,11-16H2,1H3/p+1/t22-/m1/s1. The Morgan fingerprint density at radius 1 is 1.13 bits per heavy atom. The second-order valence-corrected chi connectivity index (χ2v) is 7.64. The first-order valence-electron chi connectivity index (χ1n) is 10.8. The predicted molar refractivity (Wildman–Crippen MR) is 118 cm³/mol. The van der Waals surface area contributed by atoms with Crippen molar-refractivity contribution in [2.45, 2.75) is 12.8 Å². The number of imide groups is 1. The molecule has 2 amide bonds. The molecule has 7 heteroatoms. The van der Waals surface area contributed by atoms with Gasteiger partial charge in [-0.15, -0.1) is 0 Å². The Morgan fingerprint density at radius 3 is 2.61 bits per heavy atom. The molecule has 1 fully saturated rings. The average Bonchev–Trinajstić information content (AvgIpc) is 2.80. The van der Waals surface area contributed by atoms with Crippen LogP contribution in [0, 0.1) is 0 Å². The molecule has 162 valence electrons. The van der Waals surface area contributed by atoms with Gasteiger partial charge in [0, 0.05) is 11.8 Å². The van der Waals surface area contributed by atoms with Crippen LogP contribution in [0.4, 0.5) is 5.69 Å². The number of hydrogen-bond acceptors (Lipinski definition) is 5. The summed E-state index contributed by atoms with van der Waals surface area (Å²) in [7, 11) is 0. The number of ether oxygens (including phenoxy) is 2. The zero-order chi connectivity index (χ0) is 21.6. The molecule has 0 unspecified atom stereocenters. The Kier molecular flexibility index (Phi) is 6.74. The van der Waals surface area contributed by atoms with E-state index in [0.717, 1.165) is 32.8 Å². The molecule has 0 radical (unpaired) electrons. The first-order valence-corrected chi connectivity index (χ1v) is 10.8. The van der Waals surface area contributed by atoms with E-state index < -0.39 is 5.92 Å². The zero-order valence-electron chi connectivity index (χ0n) is 17.8. The van der Waals surface area contributed by atoms with Crippen LogP contribution in [0.2, 0.25) is 0 Å². The minimum absolute atomic E-state index is 0.282. The number of anilines is 1. The molecule has 2 aromatic carbocycles. The first-order chi connectivity index (χ1) is 15.2. The van der Waals surface area contributed by atoms with Crippen molar-refractivity contribution >= 4 is 23.7 Å². The molecule has 31 heavy (non-hydrogen) atoms. The highest BCUT2D eigenvalue weighted by Gasteiger charge is 2.38. The summed E-state index contributed by atoms with van der Waals surface area (Å²) >= 11 is 0. The number of aliphatic imine (C=N–C) groups is 1. The third kappa shape index (κ3) is 4.68. The van der Waals surface area contributed by atoms with Crippen molar-refractivity contribution < 1.29 is 24.0 Å². The molecule has 1 N–H and O–H groups in total. The summed E-state index contributed by atoms with van der Waals surface area (Å²) < 4.78 is 10.9. The SMILES string of the molecule is CCOc1ccc(N2C(=O)c3ccccc3[C@@H](C=NCC[NH+]3CCOCC3)C2=O)cc1. The number of fused-ring (bicyclic) bond motifs is 1. The Bertz CT molecular complexity index is 952. The molecule has 1 atom stereocenters. The van der Waals surface area contributed by atoms with Crippen LogP contribution in [0.25, 0.3) is 0 Å². The minimum Gasteiger partial charge on any atom is -0.494 e. The van der Waals surface area contributed by atoms with Crippen molar-refractivity contribution in [3.8, 4) is 5.75 Å². The quantitative estimate of drug-likeness (QED) is 0.540. The Balaban J connectivity index is 1.55. The highest BCUT2D eigenvalue weighted by atomic mass is 16.5. The number of benzene rings is 2. The van der Waals surface area contributed by atoms with E-state index in [0.29, 0.717) is 35.7 Å². The number of carbonyl (C=O) groups excluding carboxylic acids is 2. The van der Waals surface area contributed by atoms with E-state index in [1.165, 1.54) is 9.80 Å². The highest BCUT2D eigenvalue weighted by Crippen LogP contribution is 2.32. The lowest BCUT2D eigenvalue weighted by Gasteiger charge is -2.31. The van der Waals surface area contributed by atoms with Crippen molar-refractivity contribution in [1.82, 2.24) is 0 Å². The molecule has 4 rings (SSSR count). The van der Waals surface area contributed by atoms with Crippen LogP contribution in [-0.2, 0) is 9.53 Å². The van der Waals surface area contributed by atoms with Crippen LogP contribution >= 0.6 is 0 Å². The van der Waals surface area contributed by atoms with E-state index in [9.17, 15) is 9.59 Å². The monoisotopic (exact) mass is 422 g/mol. The molecule has 2 aliphatic rings. The maximum Gasteiger partial charge on any atom is 0.265 e. The summed E-state index contributed by atoms with van der Waals surface area (Å²) in [6, 6.07) is 14.3. The molecule has 0 saturated carbocycles. The Morgan fingerprint density at radius 2 is 1.87 bits per heavy atom. The predicted octanol–water partition coefficient (Wildman–Crippen LogP) is 1.34. The van der Waals surface area contributed by atoms with Gasteiger partial charge in [0.15, 0.2) is 0 Å². The van der Waals surface area contributed by atoms with E-state index in [2.05, 4.69) is 4.99 Å². The maximum atomic E-state index is 13.4. The van der Waals surface area contributed by atoms with Crippen LogP contribution in [0.5, 0.6) is 5.75 Å². The van der Waals surface area contributed by atoms with Gasteiger partial charge >= 0.3 is 0 Å². The first kappa shape index (κ1) is 21.2. The average molecular weight is 423 g/mol.